The highest BCUT2D eigenvalue weighted by atomic mass is 19.4. The third-order valence-corrected chi connectivity index (χ3v) is 6.79. The molecule has 12 heteroatoms. The second kappa shape index (κ2) is 6.79. The highest BCUT2D eigenvalue weighted by Crippen LogP contribution is 2.54. The number of halogens is 3. The lowest BCUT2D eigenvalue weighted by molar-refractivity contribution is -0.145. The molecule has 32 heavy (non-hydrogen) atoms. The number of amides is 2. The molecule has 2 aliphatic heterocycles. The van der Waals surface area contributed by atoms with Gasteiger partial charge in [-0.05, 0) is 25.7 Å². The molecule has 0 atom stereocenters. The summed E-state index contributed by atoms with van der Waals surface area (Å²) in [6.45, 7) is 2.13. The van der Waals surface area contributed by atoms with Crippen LogP contribution in [0.5, 0.6) is 5.88 Å². The van der Waals surface area contributed by atoms with Gasteiger partial charge >= 0.3 is 12.2 Å². The second-order valence-corrected chi connectivity index (χ2v) is 9.42. The lowest BCUT2D eigenvalue weighted by Crippen LogP contribution is -2.69. The van der Waals surface area contributed by atoms with Gasteiger partial charge in [-0.1, -0.05) is 0 Å². The highest BCUT2D eigenvalue weighted by Gasteiger charge is 2.55. The molecule has 2 aliphatic carbocycles. The van der Waals surface area contributed by atoms with Gasteiger partial charge in [0, 0.05) is 36.7 Å². The van der Waals surface area contributed by atoms with E-state index in [1.54, 1.807) is 4.90 Å². The molecule has 0 N–H and O–H groups in total. The van der Waals surface area contributed by atoms with E-state index in [0.717, 1.165) is 38.0 Å². The number of nitrogens with zero attached hydrogens (tertiary/aromatic N) is 7. The van der Waals surface area contributed by atoms with Crippen LogP contribution >= 0.6 is 0 Å². The van der Waals surface area contributed by atoms with Crippen LogP contribution in [0.3, 0.4) is 0 Å². The molecular formula is C20H22F3N7O2. The van der Waals surface area contributed by atoms with E-state index < -0.39 is 12.0 Å². The Kier molecular flexibility index (Phi) is 4.19. The van der Waals surface area contributed by atoms with Crippen molar-refractivity contribution in [3.63, 3.8) is 0 Å². The number of alkyl halides is 3. The van der Waals surface area contributed by atoms with E-state index in [-0.39, 0.29) is 23.4 Å². The van der Waals surface area contributed by atoms with Crippen LogP contribution in [0.4, 0.5) is 18.0 Å². The quantitative estimate of drug-likeness (QED) is 0.713. The van der Waals surface area contributed by atoms with Gasteiger partial charge in [-0.15, -0.1) is 0 Å². The molecule has 2 amide bonds. The summed E-state index contributed by atoms with van der Waals surface area (Å²) in [7, 11) is 0. The third-order valence-electron chi connectivity index (χ3n) is 6.79. The van der Waals surface area contributed by atoms with Gasteiger partial charge in [-0.2, -0.15) is 23.3 Å². The molecule has 0 radical (unpaired) electrons. The van der Waals surface area contributed by atoms with Crippen LogP contribution in [0.15, 0.2) is 18.6 Å². The molecule has 1 spiro atoms. The standard InChI is InChI=1S/C20H22F3N7O2/c21-20(22,23)17-24-4-3-15(26-17)32-14-7-28(8-14)18(31)29-9-19(10-29)5-13(6-19)30-11-25-16(27-30)12-1-2-12/h3-4,11-14H,1-2,5-10H2. The summed E-state index contributed by atoms with van der Waals surface area (Å²) in [5.41, 5.74) is 0.182. The normalized spacial score (nSPS) is 23.0. The molecule has 6 rings (SSSR count). The smallest absolute Gasteiger partial charge is 0.451 e. The lowest BCUT2D eigenvalue weighted by atomic mass is 9.61. The molecule has 2 saturated heterocycles. The van der Waals surface area contributed by atoms with Gasteiger partial charge in [0.05, 0.1) is 19.1 Å². The molecule has 2 aromatic rings. The number of ether oxygens (including phenoxy) is 1. The van der Waals surface area contributed by atoms with Crippen molar-refractivity contribution in [2.24, 2.45) is 5.41 Å². The average Bonchev–Trinajstić information content (AvgIpc) is 3.39. The number of aromatic nitrogens is 5. The fraction of sp³-hybridized carbons (Fsp3) is 0.650. The van der Waals surface area contributed by atoms with E-state index in [1.807, 2.05) is 15.9 Å². The van der Waals surface area contributed by atoms with Crippen LogP contribution in [0, 0.1) is 5.41 Å². The minimum absolute atomic E-state index is 0.0469. The summed E-state index contributed by atoms with van der Waals surface area (Å²) in [4.78, 5) is 27.2. The predicted molar refractivity (Wildman–Crippen MR) is 103 cm³/mol. The molecule has 4 heterocycles. The van der Waals surface area contributed by atoms with E-state index in [9.17, 15) is 18.0 Å². The van der Waals surface area contributed by atoms with Gasteiger partial charge in [-0.25, -0.2) is 19.4 Å². The van der Waals surface area contributed by atoms with E-state index in [1.165, 1.54) is 18.9 Å². The van der Waals surface area contributed by atoms with Crippen LogP contribution in [0.1, 0.15) is 49.3 Å². The molecule has 9 nitrogen and oxygen atoms in total. The first-order valence-electron chi connectivity index (χ1n) is 10.8. The van der Waals surface area contributed by atoms with E-state index in [2.05, 4.69) is 20.1 Å². The Morgan fingerprint density at radius 1 is 1.12 bits per heavy atom. The Morgan fingerprint density at radius 2 is 1.88 bits per heavy atom. The number of hydrogen-bond acceptors (Lipinski definition) is 6. The maximum absolute atomic E-state index is 12.7. The fourth-order valence-electron chi connectivity index (χ4n) is 4.86. The zero-order valence-electron chi connectivity index (χ0n) is 17.2. The highest BCUT2D eigenvalue weighted by molar-refractivity contribution is 5.76. The number of carbonyl (C=O) groups is 1. The molecule has 4 aliphatic rings. The van der Waals surface area contributed by atoms with Crippen LogP contribution in [-0.4, -0.2) is 72.8 Å². The SMILES string of the molecule is O=C(N1CC(Oc2ccnc(C(F)(F)F)n2)C1)N1CC2(CC(n3cnc(C4CC4)n3)C2)C1. The second-order valence-electron chi connectivity index (χ2n) is 9.42. The summed E-state index contributed by atoms with van der Waals surface area (Å²) < 4.78 is 45.6. The third kappa shape index (κ3) is 3.45. The van der Waals surface area contributed by atoms with Crippen molar-refractivity contribution in [2.45, 2.75) is 49.9 Å². The molecule has 0 bridgehead atoms. The molecule has 4 fully saturated rings. The first-order chi connectivity index (χ1) is 15.3. The lowest BCUT2D eigenvalue weighted by Gasteiger charge is -2.59. The largest absolute Gasteiger partial charge is 0.470 e. The van der Waals surface area contributed by atoms with Gasteiger partial charge in [-0.3, -0.25) is 0 Å². The van der Waals surface area contributed by atoms with Gasteiger partial charge in [0.1, 0.15) is 12.4 Å². The molecule has 0 unspecified atom stereocenters. The fourth-order valence-corrected chi connectivity index (χ4v) is 4.86. The maximum atomic E-state index is 12.7. The Hall–Kier alpha value is -2.92. The predicted octanol–water partition coefficient (Wildman–Crippen LogP) is 2.48. The van der Waals surface area contributed by atoms with Crippen LogP contribution < -0.4 is 4.74 Å². The minimum Gasteiger partial charge on any atom is -0.470 e. The first kappa shape index (κ1) is 19.7. The number of carbonyl (C=O) groups excluding carboxylic acids is 1. The van der Waals surface area contributed by atoms with Crippen LogP contribution in [0.2, 0.25) is 0 Å². The van der Waals surface area contributed by atoms with Crippen molar-refractivity contribution in [3.05, 3.63) is 30.2 Å². The molecule has 0 aromatic carbocycles. The van der Waals surface area contributed by atoms with Crippen molar-refractivity contribution in [2.75, 3.05) is 26.2 Å². The number of hydrogen-bond donors (Lipinski definition) is 0. The van der Waals surface area contributed by atoms with E-state index >= 15 is 0 Å². The van der Waals surface area contributed by atoms with Crippen molar-refractivity contribution in [1.82, 2.24) is 34.5 Å². The Labute approximate surface area is 181 Å². The molecule has 170 valence electrons. The van der Waals surface area contributed by atoms with Crippen LogP contribution in [0.25, 0.3) is 0 Å². The maximum Gasteiger partial charge on any atom is 0.451 e. The molecule has 2 saturated carbocycles. The number of rotatable bonds is 4. The topological polar surface area (TPSA) is 89.3 Å². The van der Waals surface area contributed by atoms with Gasteiger partial charge in [0.2, 0.25) is 11.7 Å². The van der Waals surface area contributed by atoms with Crippen molar-refractivity contribution in [1.29, 1.82) is 0 Å². The minimum atomic E-state index is -4.62. The Balaban J connectivity index is 0.954. The average molecular weight is 449 g/mol. The van der Waals surface area contributed by atoms with E-state index in [4.69, 9.17) is 4.74 Å². The van der Waals surface area contributed by atoms with Crippen molar-refractivity contribution < 1.29 is 22.7 Å². The van der Waals surface area contributed by atoms with Gasteiger partial charge in [0.25, 0.3) is 0 Å². The summed E-state index contributed by atoms with van der Waals surface area (Å²) in [5.74, 6) is 0.141. The monoisotopic (exact) mass is 449 g/mol. The molecular weight excluding hydrogens is 427 g/mol. The van der Waals surface area contributed by atoms with Crippen LogP contribution in [-0.2, 0) is 6.18 Å². The van der Waals surface area contributed by atoms with E-state index in [0.29, 0.717) is 25.0 Å². The Morgan fingerprint density at radius 3 is 2.56 bits per heavy atom. The van der Waals surface area contributed by atoms with Crippen molar-refractivity contribution >= 4 is 6.03 Å². The summed E-state index contributed by atoms with van der Waals surface area (Å²) in [5, 5.41) is 4.62. The van der Waals surface area contributed by atoms with Gasteiger partial charge < -0.3 is 14.5 Å². The zero-order chi connectivity index (χ0) is 22.1. The van der Waals surface area contributed by atoms with Crippen molar-refractivity contribution in [3.8, 4) is 5.88 Å². The summed E-state index contributed by atoms with van der Waals surface area (Å²) in [6.07, 6.45) is 2.24. The summed E-state index contributed by atoms with van der Waals surface area (Å²) in [6, 6.07) is 1.60. The summed E-state index contributed by atoms with van der Waals surface area (Å²) >= 11 is 0. The number of urea groups is 1. The first-order valence-corrected chi connectivity index (χ1v) is 10.8. The number of likely N-dealkylation sites (tertiary alicyclic amines) is 2. The Bertz CT molecular complexity index is 1030. The molecule has 2 aromatic heterocycles. The zero-order valence-corrected chi connectivity index (χ0v) is 17.2. The van der Waals surface area contributed by atoms with Gasteiger partial charge in [0.15, 0.2) is 5.82 Å².